The number of pyridine rings is 1. The minimum absolute atomic E-state index is 0.474. The number of aliphatic hydroxyl groups excluding tert-OH is 1. The molecule has 2 heterocycles. The van der Waals surface area contributed by atoms with Crippen LogP contribution in [0.5, 0.6) is 0 Å². The van der Waals surface area contributed by atoms with Crippen LogP contribution in [0, 0.1) is 11.8 Å². The Bertz CT molecular complexity index is 415. The van der Waals surface area contributed by atoms with Gasteiger partial charge in [-0.05, 0) is 43.7 Å². The summed E-state index contributed by atoms with van der Waals surface area (Å²) in [6.07, 6.45) is 8.48. The molecule has 1 aliphatic heterocycles. The van der Waals surface area contributed by atoms with Crippen molar-refractivity contribution in [1.29, 1.82) is 0 Å². The average molecular weight is 260 g/mol. The van der Waals surface area contributed by atoms with Crippen molar-refractivity contribution in [2.45, 2.75) is 45.1 Å². The lowest BCUT2D eigenvalue weighted by Gasteiger charge is -2.42. The van der Waals surface area contributed by atoms with Crippen LogP contribution in [-0.2, 0) is 0 Å². The Morgan fingerprint density at radius 1 is 1.21 bits per heavy atom. The molecule has 2 fully saturated rings. The van der Waals surface area contributed by atoms with E-state index in [0.29, 0.717) is 0 Å². The van der Waals surface area contributed by atoms with E-state index in [1.807, 2.05) is 12.3 Å². The monoisotopic (exact) mass is 260 g/mol. The molecule has 0 aromatic carbocycles. The highest BCUT2D eigenvalue weighted by Gasteiger charge is 2.31. The number of fused-ring (bicyclic) bond motifs is 1. The molecule has 3 heteroatoms. The lowest BCUT2D eigenvalue weighted by Crippen LogP contribution is -2.41. The van der Waals surface area contributed by atoms with Crippen LogP contribution in [0.25, 0.3) is 0 Å². The quantitative estimate of drug-likeness (QED) is 0.887. The number of anilines is 1. The third-order valence-corrected chi connectivity index (χ3v) is 4.86. The Labute approximate surface area is 115 Å². The summed E-state index contributed by atoms with van der Waals surface area (Å²) in [7, 11) is 0. The molecular formula is C16H24N2O. The van der Waals surface area contributed by atoms with Crippen LogP contribution < -0.4 is 4.90 Å². The van der Waals surface area contributed by atoms with Crippen molar-refractivity contribution >= 4 is 5.69 Å². The zero-order chi connectivity index (χ0) is 13.2. The molecular weight excluding hydrogens is 236 g/mol. The van der Waals surface area contributed by atoms with Crippen LogP contribution in [-0.4, -0.2) is 23.2 Å². The Kier molecular flexibility index (Phi) is 3.74. The Morgan fingerprint density at radius 3 is 2.68 bits per heavy atom. The van der Waals surface area contributed by atoms with Crippen LogP contribution in [0.15, 0.2) is 18.3 Å². The molecule has 1 saturated carbocycles. The van der Waals surface area contributed by atoms with E-state index in [1.165, 1.54) is 44.3 Å². The number of hydrogen-bond donors (Lipinski definition) is 1. The second-order valence-corrected chi connectivity index (χ2v) is 6.16. The summed E-state index contributed by atoms with van der Waals surface area (Å²) in [4.78, 5) is 6.84. The molecule has 2 aliphatic rings. The molecule has 0 bridgehead atoms. The summed E-state index contributed by atoms with van der Waals surface area (Å²) >= 11 is 0. The molecule has 104 valence electrons. The van der Waals surface area contributed by atoms with E-state index in [-0.39, 0.29) is 0 Å². The zero-order valence-electron chi connectivity index (χ0n) is 11.8. The molecule has 1 N–H and O–H groups in total. The lowest BCUT2D eigenvalue weighted by atomic mass is 9.75. The van der Waals surface area contributed by atoms with E-state index >= 15 is 0 Å². The van der Waals surface area contributed by atoms with Crippen LogP contribution >= 0.6 is 0 Å². The summed E-state index contributed by atoms with van der Waals surface area (Å²) in [5.41, 5.74) is 1.98. The molecule has 0 radical (unpaired) electrons. The van der Waals surface area contributed by atoms with E-state index in [1.54, 1.807) is 6.92 Å². The van der Waals surface area contributed by atoms with E-state index in [2.05, 4.69) is 16.0 Å². The number of aliphatic hydroxyl groups is 1. The second-order valence-electron chi connectivity index (χ2n) is 6.16. The Balaban J connectivity index is 1.69. The van der Waals surface area contributed by atoms with Crippen LogP contribution in [0.1, 0.15) is 50.8 Å². The zero-order valence-corrected chi connectivity index (χ0v) is 11.8. The van der Waals surface area contributed by atoms with E-state index < -0.39 is 6.10 Å². The van der Waals surface area contributed by atoms with Crippen molar-refractivity contribution in [3.63, 3.8) is 0 Å². The predicted octanol–water partition coefficient (Wildman–Crippen LogP) is 3.15. The molecule has 3 rings (SSSR count). The number of rotatable bonds is 2. The van der Waals surface area contributed by atoms with E-state index in [4.69, 9.17) is 0 Å². The van der Waals surface area contributed by atoms with Gasteiger partial charge in [-0.2, -0.15) is 0 Å². The molecule has 1 aliphatic carbocycles. The largest absolute Gasteiger partial charge is 0.387 e. The standard InChI is InChI=1S/C16H24N2O/c1-12(19)16-7-6-15(10-17-16)18-9-8-13-4-2-3-5-14(13)11-18/h6-7,10,12-14,19H,2-5,8-9,11H2,1H3/t12-,13?,14?/m1/s1. The van der Waals surface area contributed by atoms with Crippen LogP contribution in [0.4, 0.5) is 5.69 Å². The fraction of sp³-hybridized carbons (Fsp3) is 0.688. The third-order valence-electron chi connectivity index (χ3n) is 4.86. The van der Waals surface area contributed by atoms with Crippen LogP contribution in [0.3, 0.4) is 0 Å². The van der Waals surface area contributed by atoms with Crippen molar-refractivity contribution in [1.82, 2.24) is 4.98 Å². The molecule has 3 atom stereocenters. The lowest BCUT2D eigenvalue weighted by molar-refractivity contribution is 0.194. The minimum Gasteiger partial charge on any atom is -0.387 e. The van der Waals surface area contributed by atoms with Gasteiger partial charge < -0.3 is 10.0 Å². The highest BCUT2D eigenvalue weighted by Crippen LogP contribution is 2.37. The van der Waals surface area contributed by atoms with Gasteiger partial charge >= 0.3 is 0 Å². The van der Waals surface area contributed by atoms with Gasteiger partial charge in [-0.15, -0.1) is 0 Å². The van der Waals surface area contributed by atoms with Gasteiger partial charge in [-0.3, -0.25) is 4.98 Å². The molecule has 19 heavy (non-hydrogen) atoms. The van der Waals surface area contributed by atoms with Gasteiger partial charge in [-0.25, -0.2) is 0 Å². The van der Waals surface area contributed by atoms with Gasteiger partial charge in [-0.1, -0.05) is 19.3 Å². The number of nitrogens with zero attached hydrogens (tertiary/aromatic N) is 2. The van der Waals surface area contributed by atoms with Gasteiger partial charge in [0.15, 0.2) is 0 Å². The second kappa shape index (κ2) is 5.49. The van der Waals surface area contributed by atoms with E-state index in [0.717, 1.165) is 24.1 Å². The van der Waals surface area contributed by atoms with Gasteiger partial charge in [0.25, 0.3) is 0 Å². The van der Waals surface area contributed by atoms with Crippen LogP contribution in [0.2, 0.25) is 0 Å². The normalized spacial score (nSPS) is 28.8. The predicted molar refractivity (Wildman–Crippen MR) is 77.1 cm³/mol. The highest BCUT2D eigenvalue weighted by atomic mass is 16.3. The first-order valence-corrected chi connectivity index (χ1v) is 7.63. The Hall–Kier alpha value is -1.09. The van der Waals surface area contributed by atoms with Gasteiger partial charge in [0.05, 0.1) is 23.7 Å². The van der Waals surface area contributed by atoms with Crippen molar-refractivity contribution in [3.05, 3.63) is 24.0 Å². The smallest absolute Gasteiger partial charge is 0.0931 e. The van der Waals surface area contributed by atoms with Gasteiger partial charge in [0.1, 0.15) is 0 Å². The highest BCUT2D eigenvalue weighted by molar-refractivity contribution is 5.45. The van der Waals surface area contributed by atoms with Crippen molar-refractivity contribution in [2.24, 2.45) is 11.8 Å². The average Bonchev–Trinajstić information content (AvgIpc) is 2.47. The minimum atomic E-state index is -0.474. The maximum absolute atomic E-state index is 9.50. The maximum atomic E-state index is 9.50. The maximum Gasteiger partial charge on any atom is 0.0931 e. The van der Waals surface area contributed by atoms with Crippen molar-refractivity contribution < 1.29 is 5.11 Å². The number of piperidine rings is 1. The molecule has 1 aromatic heterocycles. The fourth-order valence-corrected chi connectivity index (χ4v) is 3.67. The Morgan fingerprint density at radius 2 is 2.00 bits per heavy atom. The first-order valence-electron chi connectivity index (χ1n) is 7.63. The molecule has 0 spiro atoms. The summed E-state index contributed by atoms with van der Waals surface area (Å²) in [6.45, 7) is 4.12. The molecule has 0 amide bonds. The first kappa shape index (κ1) is 12.9. The summed E-state index contributed by atoms with van der Waals surface area (Å²) in [5, 5.41) is 9.50. The first-order chi connectivity index (χ1) is 9.24. The summed E-state index contributed by atoms with van der Waals surface area (Å²) in [5.74, 6) is 1.86. The van der Waals surface area contributed by atoms with Gasteiger partial charge in [0, 0.05) is 13.1 Å². The van der Waals surface area contributed by atoms with Gasteiger partial charge in [0.2, 0.25) is 0 Å². The topological polar surface area (TPSA) is 36.4 Å². The summed E-state index contributed by atoms with van der Waals surface area (Å²) < 4.78 is 0. The molecule has 3 nitrogen and oxygen atoms in total. The molecule has 1 aromatic rings. The molecule has 1 saturated heterocycles. The fourth-order valence-electron chi connectivity index (χ4n) is 3.67. The molecule has 2 unspecified atom stereocenters. The van der Waals surface area contributed by atoms with E-state index in [9.17, 15) is 5.11 Å². The SMILES string of the molecule is C[C@@H](O)c1ccc(N2CCC3CCCCC3C2)cn1. The third kappa shape index (κ3) is 2.76. The van der Waals surface area contributed by atoms with Crippen molar-refractivity contribution in [2.75, 3.05) is 18.0 Å². The summed E-state index contributed by atoms with van der Waals surface area (Å²) in [6, 6.07) is 4.06. The van der Waals surface area contributed by atoms with Crippen molar-refractivity contribution in [3.8, 4) is 0 Å². The number of aromatic nitrogens is 1. The number of hydrogen-bond acceptors (Lipinski definition) is 3.